The molecule has 0 bridgehead atoms. The molecule has 0 saturated carbocycles. The van der Waals surface area contributed by atoms with Gasteiger partial charge in [0.25, 0.3) is 0 Å². The molecule has 1 amide bonds. The average molecular weight is 388 g/mol. The molecular weight excluding hydrogens is 366 g/mol. The summed E-state index contributed by atoms with van der Waals surface area (Å²) in [5.74, 6) is 0.370. The van der Waals surface area contributed by atoms with Gasteiger partial charge in [-0.1, -0.05) is 49.0 Å². The zero-order chi connectivity index (χ0) is 18.4. The summed E-state index contributed by atoms with van der Waals surface area (Å²) >= 11 is 3.03. The molecule has 136 valence electrons. The molecule has 3 aromatic rings. The van der Waals surface area contributed by atoms with Gasteiger partial charge in [-0.2, -0.15) is 0 Å². The number of rotatable bonds is 8. The van der Waals surface area contributed by atoms with Crippen molar-refractivity contribution in [1.82, 2.24) is 25.1 Å². The first-order valence-corrected chi connectivity index (χ1v) is 10.3. The van der Waals surface area contributed by atoms with Crippen LogP contribution in [0.15, 0.2) is 46.9 Å². The van der Waals surface area contributed by atoms with Gasteiger partial charge < -0.3 is 4.90 Å². The highest BCUT2D eigenvalue weighted by Crippen LogP contribution is 2.18. The summed E-state index contributed by atoms with van der Waals surface area (Å²) in [6, 6.07) is 12.4. The van der Waals surface area contributed by atoms with Crippen LogP contribution in [-0.4, -0.2) is 43.8 Å². The molecule has 0 aliphatic rings. The molecule has 0 fully saturated rings. The van der Waals surface area contributed by atoms with Crippen molar-refractivity contribution in [2.24, 2.45) is 0 Å². The summed E-state index contributed by atoms with van der Waals surface area (Å²) in [6.45, 7) is 3.36. The molecule has 8 heteroatoms. The summed E-state index contributed by atoms with van der Waals surface area (Å²) < 4.78 is 1.73. The normalized spacial score (nSPS) is 10.8. The highest BCUT2D eigenvalue weighted by Gasteiger charge is 2.14. The molecule has 0 aliphatic heterocycles. The van der Waals surface area contributed by atoms with Crippen LogP contribution in [-0.2, 0) is 24.3 Å². The Kier molecular flexibility index (Phi) is 6.40. The number of carbonyl (C=O) groups is 1. The first kappa shape index (κ1) is 18.6. The number of aryl methyl sites for hydroxylation is 1. The van der Waals surface area contributed by atoms with Crippen molar-refractivity contribution >= 4 is 29.0 Å². The minimum atomic E-state index is 0.0558. The van der Waals surface area contributed by atoms with Gasteiger partial charge in [0.05, 0.1) is 12.3 Å². The number of nitrogens with zero attached hydrogens (tertiary/aromatic N) is 5. The largest absolute Gasteiger partial charge is 0.341 e. The zero-order valence-corrected chi connectivity index (χ0v) is 16.5. The summed E-state index contributed by atoms with van der Waals surface area (Å²) in [6.07, 6.45) is 1.02. The van der Waals surface area contributed by atoms with Crippen LogP contribution in [0, 0.1) is 0 Å². The molecule has 0 atom stereocenters. The predicted octanol–water partition coefficient (Wildman–Crippen LogP) is 3.10. The molecule has 0 saturated heterocycles. The number of hydrogen-bond acceptors (Lipinski definition) is 6. The van der Waals surface area contributed by atoms with E-state index in [0.717, 1.165) is 12.0 Å². The number of benzene rings is 1. The molecule has 0 aliphatic carbocycles. The lowest BCUT2D eigenvalue weighted by Gasteiger charge is -2.17. The summed E-state index contributed by atoms with van der Waals surface area (Å²) in [5, 5.41) is 14.5. The second-order valence-electron chi connectivity index (χ2n) is 5.91. The fourth-order valence-corrected chi connectivity index (χ4v) is 3.93. The van der Waals surface area contributed by atoms with Crippen molar-refractivity contribution < 1.29 is 4.79 Å². The van der Waals surface area contributed by atoms with Gasteiger partial charge in [-0.05, 0) is 39.4 Å². The van der Waals surface area contributed by atoms with Gasteiger partial charge >= 0.3 is 0 Å². The van der Waals surface area contributed by atoms with E-state index in [4.69, 9.17) is 0 Å². The second kappa shape index (κ2) is 8.95. The average Bonchev–Trinajstić information content (AvgIpc) is 3.32. The Morgan fingerprint density at radius 3 is 2.69 bits per heavy atom. The van der Waals surface area contributed by atoms with Gasteiger partial charge in [-0.25, -0.2) is 4.68 Å². The molecule has 3 rings (SSSR count). The minimum Gasteiger partial charge on any atom is -0.341 e. The van der Waals surface area contributed by atoms with E-state index in [2.05, 4.69) is 46.7 Å². The Bertz CT molecular complexity index is 830. The van der Waals surface area contributed by atoms with E-state index in [1.165, 1.54) is 22.2 Å². The topological polar surface area (TPSA) is 63.9 Å². The van der Waals surface area contributed by atoms with Crippen LogP contribution >= 0.6 is 23.1 Å². The first-order chi connectivity index (χ1) is 12.7. The summed E-state index contributed by atoms with van der Waals surface area (Å²) in [5.41, 5.74) is 2.43. The SMILES string of the molecule is CCc1ccc(CN(C)C(=O)CSc2nnnn2Cc2cccs2)cc1. The van der Waals surface area contributed by atoms with E-state index in [1.54, 1.807) is 20.9 Å². The predicted molar refractivity (Wildman–Crippen MR) is 104 cm³/mol. The van der Waals surface area contributed by atoms with E-state index in [0.29, 0.717) is 24.0 Å². The fraction of sp³-hybridized carbons (Fsp3) is 0.333. The third-order valence-electron chi connectivity index (χ3n) is 3.99. The van der Waals surface area contributed by atoms with Crippen molar-refractivity contribution in [3.63, 3.8) is 0 Å². The molecule has 1 aromatic carbocycles. The van der Waals surface area contributed by atoms with Crippen molar-refractivity contribution in [2.45, 2.75) is 31.6 Å². The second-order valence-corrected chi connectivity index (χ2v) is 7.88. The number of tetrazole rings is 1. The highest BCUT2D eigenvalue weighted by molar-refractivity contribution is 7.99. The Balaban J connectivity index is 1.52. The Hall–Kier alpha value is -2.19. The van der Waals surface area contributed by atoms with Gasteiger partial charge in [0.1, 0.15) is 0 Å². The zero-order valence-electron chi connectivity index (χ0n) is 14.8. The maximum Gasteiger partial charge on any atom is 0.233 e. The van der Waals surface area contributed by atoms with Crippen LogP contribution in [0.1, 0.15) is 22.9 Å². The molecular formula is C18H21N5OS2. The molecule has 0 unspecified atom stereocenters. The number of aromatic nitrogens is 4. The fourth-order valence-electron chi connectivity index (χ4n) is 2.43. The van der Waals surface area contributed by atoms with Gasteiger partial charge in [-0.3, -0.25) is 4.79 Å². The smallest absolute Gasteiger partial charge is 0.233 e. The number of hydrogen-bond donors (Lipinski definition) is 0. The minimum absolute atomic E-state index is 0.0558. The molecule has 0 spiro atoms. The third-order valence-corrected chi connectivity index (χ3v) is 5.79. The highest BCUT2D eigenvalue weighted by atomic mass is 32.2. The van der Waals surface area contributed by atoms with Crippen molar-refractivity contribution in [2.75, 3.05) is 12.8 Å². The van der Waals surface area contributed by atoms with Crippen molar-refractivity contribution in [1.29, 1.82) is 0 Å². The molecule has 2 heterocycles. The Labute approximate surface area is 161 Å². The Morgan fingerprint density at radius 1 is 1.23 bits per heavy atom. The van der Waals surface area contributed by atoms with E-state index in [9.17, 15) is 4.79 Å². The van der Waals surface area contributed by atoms with Gasteiger partial charge in [0.2, 0.25) is 11.1 Å². The van der Waals surface area contributed by atoms with Crippen LogP contribution in [0.25, 0.3) is 0 Å². The lowest BCUT2D eigenvalue weighted by Crippen LogP contribution is -2.28. The monoisotopic (exact) mass is 387 g/mol. The molecule has 0 radical (unpaired) electrons. The van der Waals surface area contributed by atoms with Crippen LogP contribution in [0.5, 0.6) is 0 Å². The Morgan fingerprint density at radius 2 is 2.00 bits per heavy atom. The lowest BCUT2D eigenvalue weighted by atomic mass is 10.1. The number of thiophene rings is 1. The van der Waals surface area contributed by atoms with Gasteiger partial charge in [-0.15, -0.1) is 16.4 Å². The van der Waals surface area contributed by atoms with Gasteiger partial charge in [0.15, 0.2) is 0 Å². The summed E-state index contributed by atoms with van der Waals surface area (Å²) in [4.78, 5) is 15.3. The first-order valence-electron chi connectivity index (χ1n) is 8.39. The van der Waals surface area contributed by atoms with Crippen LogP contribution in [0.2, 0.25) is 0 Å². The van der Waals surface area contributed by atoms with E-state index < -0.39 is 0 Å². The van der Waals surface area contributed by atoms with E-state index in [-0.39, 0.29) is 5.91 Å². The number of carbonyl (C=O) groups excluding carboxylic acids is 1. The quantitative estimate of drug-likeness (QED) is 0.556. The maximum atomic E-state index is 12.4. The van der Waals surface area contributed by atoms with E-state index in [1.807, 2.05) is 24.6 Å². The standard InChI is InChI=1S/C18H21N5OS2/c1-3-14-6-8-15(9-7-14)11-22(2)17(24)13-26-18-19-20-21-23(18)12-16-5-4-10-25-16/h4-10H,3,11-13H2,1-2H3. The molecule has 6 nitrogen and oxygen atoms in total. The van der Waals surface area contributed by atoms with Crippen LogP contribution in [0.3, 0.4) is 0 Å². The molecule has 0 N–H and O–H groups in total. The third kappa shape index (κ3) is 4.92. The number of amides is 1. The van der Waals surface area contributed by atoms with Crippen LogP contribution < -0.4 is 0 Å². The van der Waals surface area contributed by atoms with Crippen LogP contribution in [0.4, 0.5) is 0 Å². The van der Waals surface area contributed by atoms with Crippen molar-refractivity contribution in [3.8, 4) is 0 Å². The maximum absolute atomic E-state index is 12.4. The van der Waals surface area contributed by atoms with Gasteiger partial charge in [0, 0.05) is 18.5 Å². The van der Waals surface area contributed by atoms with E-state index >= 15 is 0 Å². The van der Waals surface area contributed by atoms with Crippen molar-refractivity contribution in [3.05, 3.63) is 57.8 Å². The molecule has 2 aromatic heterocycles. The lowest BCUT2D eigenvalue weighted by molar-refractivity contribution is -0.127. The summed E-state index contributed by atoms with van der Waals surface area (Å²) in [7, 11) is 1.82. The number of thioether (sulfide) groups is 1. The molecule has 26 heavy (non-hydrogen) atoms.